The molecule has 0 aliphatic carbocycles. The van der Waals surface area contributed by atoms with Crippen LogP contribution in [-0.4, -0.2) is 107 Å². The minimum absolute atomic E-state index is 0.0203. The number of aromatic nitrogens is 4. The van der Waals surface area contributed by atoms with Crippen molar-refractivity contribution < 1.29 is 42.0 Å². The van der Waals surface area contributed by atoms with Gasteiger partial charge < -0.3 is 33.3 Å². The quantitative estimate of drug-likeness (QED) is 0.127. The molecule has 0 unspecified atom stereocenters. The molecule has 17 heteroatoms. The molecule has 1 fully saturated rings. The van der Waals surface area contributed by atoms with Crippen molar-refractivity contribution in [2.75, 3.05) is 53.5 Å². The Bertz CT molecular complexity index is 3000. The van der Waals surface area contributed by atoms with Crippen molar-refractivity contribution in [1.29, 1.82) is 0 Å². The number of methoxy groups -OCH3 is 1. The highest BCUT2D eigenvalue weighted by Gasteiger charge is 2.33. The molecule has 6 heterocycles. The van der Waals surface area contributed by atoms with Crippen LogP contribution in [0.1, 0.15) is 37.6 Å². The third-order valence-electron chi connectivity index (χ3n) is 11.8. The summed E-state index contributed by atoms with van der Waals surface area (Å²) >= 11 is 8.68. The molecular weight excluding hydrogens is 926 g/mol. The van der Waals surface area contributed by atoms with Crippen LogP contribution in [0.25, 0.3) is 43.2 Å². The highest BCUT2D eigenvalue weighted by Crippen LogP contribution is 2.50. The third kappa shape index (κ3) is 10.9. The number of hydrogen-bond acceptors (Lipinski definition) is 14. The van der Waals surface area contributed by atoms with E-state index in [1.807, 2.05) is 25.1 Å². The fourth-order valence-electron chi connectivity index (χ4n) is 8.32. The van der Waals surface area contributed by atoms with Gasteiger partial charge in [0.05, 0.1) is 28.8 Å². The minimum atomic E-state index is -1.27. The largest absolute Gasteiger partial charge is 0.496 e. The molecule has 3 aromatic heterocycles. The van der Waals surface area contributed by atoms with Gasteiger partial charge in [0, 0.05) is 61.3 Å². The van der Waals surface area contributed by atoms with E-state index in [-0.39, 0.29) is 37.2 Å². The lowest BCUT2D eigenvalue weighted by Crippen LogP contribution is -2.49. The molecule has 2 atom stereocenters. The molecule has 4 aromatic carbocycles. The number of nitrogens with zero attached hydrogens (tertiary/aromatic N) is 6. The van der Waals surface area contributed by atoms with E-state index in [1.54, 1.807) is 57.3 Å². The van der Waals surface area contributed by atoms with Crippen LogP contribution >= 0.6 is 22.9 Å². The lowest BCUT2D eigenvalue weighted by Gasteiger charge is -2.34. The fraction of sp³-hybridized carbons (Fsp3) is 0.327. The SMILES string of the molecule is COc1ccc(F)cc1-c1nccc(COc2ccc3cc2C[C@H](C(=O)OC(C)(C)C)Oc2ncnc4sc(-c5ccc(F)cc5)c(c24)-c2ccc(c(Cl)c2C)O[C@H](CN2CCN(C)CC2)CO3)n1. The second kappa shape index (κ2) is 20.2. The Balaban J connectivity index is 1.16. The Morgan fingerprint density at radius 3 is 2.43 bits per heavy atom. The first kappa shape index (κ1) is 47.6. The van der Waals surface area contributed by atoms with Gasteiger partial charge in [-0.3, -0.25) is 4.90 Å². The summed E-state index contributed by atoms with van der Waals surface area (Å²) in [6, 6.07) is 21.3. The number of halogens is 3. The average molecular weight is 978 g/mol. The minimum Gasteiger partial charge on any atom is -0.496 e. The van der Waals surface area contributed by atoms with E-state index in [4.69, 9.17) is 40.0 Å². The molecule has 0 N–H and O–H groups in total. The highest BCUT2D eigenvalue weighted by atomic mass is 35.5. The number of hydrogen-bond donors (Lipinski definition) is 0. The standard InChI is InChI=1S/C52H51ClF2N6O7S/c1-30-38-13-16-42(46(30)53)66-37(26-61-21-19-60(5)20-22-61)28-64-36-12-15-40(65-27-35-17-18-56-48(59-35)39-25-34(55)11-14-41(39)63-6)32(23-36)24-43(51(62)68-52(2,3)4)67-49-45-44(38)47(69-50(45)58-29-57-49)31-7-9-33(54)10-8-31/h7-18,23,25,29,37,43H,19-22,24,26-28H2,1-6H3/t37-,43-/m1/s1. The van der Waals surface area contributed by atoms with Crippen LogP contribution in [0.3, 0.4) is 0 Å². The lowest BCUT2D eigenvalue weighted by atomic mass is 9.96. The van der Waals surface area contributed by atoms with Crippen molar-refractivity contribution in [3.05, 3.63) is 125 Å². The molecule has 0 spiro atoms. The molecule has 13 nitrogen and oxygen atoms in total. The first-order valence-corrected chi connectivity index (χ1v) is 23.7. The summed E-state index contributed by atoms with van der Waals surface area (Å²) in [7, 11) is 3.61. The number of benzene rings is 4. The van der Waals surface area contributed by atoms with Gasteiger partial charge in [-0.15, -0.1) is 11.3 Å². The molecule has 0 radical (unpaired) electrons. The third-order valence-corrected chi connectivity index (χ3v) is 13.4. The van der Waals surface area contributed by atoms with Crippen molar-refractivity contribution in [1.82, 2.24) is 29.7 Å². The number of thiophene rings is 1. The van der Waals surface area contributed by atoms with Crippen LogP contribution in [0.15, 0.2) is 91.4 Å². The zero-order chi connectivity index (χ0) is 48.4. The lowest BCUT2D eigenvalue weighted by molar-refractivity contribution is -0.163. The number of fused-ring (bicyclic) bond motifs is 7. The molecule has 3 aliphatic heterocycles. The van der Waals surface area contributed by atoms with Crippen LogP contribution in [-0.2, 0) is 22.6 Å². The second-order valence-corrected chi connectivity index (χ2v) is 19.4. The predicted octanol–water partition coefficient (Wildman–Crippen LogP) is 10.0. The van der Waals surface area contributed by atoms with Gasteiger partial charge in [-0.2, -0.15) is 0 Å². The second-order valence-electron chi connectivity index (χ2n) is 18.0. The maximum atomic E-state index is 14.5. The summed E-state index contributed by atoms with van der Waals surface area (Å²) < 4.78 is 67.0. The molecule has 0 amide bonds. The van der Waals surface area contributed by atoms with Gasteiger partial charge in [-0.1, -0.05) is 29.8 Å². The van der Waals surface area contributed by atoms with Crippen molar-refractivity contribution in [3.63, 3.8) is 0 Å². The molecule has 7 aromatic rings. The van der Waals surface area contributed by atoms with Crippen LogP contribution in [0, 0.1) is 18.6 Å². The molecule has 4 bridgehead atoms. The summed E-state index contributed by atoms with van der Waals surface area (Å²) in [6.07, 6.45) is 1.18. The Labute approximate surface area is 407 Å². The Hall–Kier alpha value is -6.46. The zero-order valence-electron chi connectivity index (χ0n) is 39.1. The summed E-state index contributed by atoms with van der Waals surface area (Å²) in [5.41, 5.74) is 3.45. The van der Waals surface area contributed by atoms with E-state index in [0.29, 0.717) is 67.2 Å². The number of piperazine rings is 1. The molecule has 69 heavy (non-hydrogen) atoms. The topological polar surface area (TPSA) is 130 Å². The Morgan fingerprint density at radius 1 is 0.899 bits per heavy atom. The van der Waals surface area contributed by atoms with Crippen molar-refractivity contribution in [2.45, 2.75) is 58.5 Å². The molecule has 3 aliphatic rings. The van der Waals surface area contributed by atoms with E-state index in [2.05, 4.69) is 36.8 Å². The monoisotopic (exact) mass is 976 g/mol. The first-order chi connectivity index (χ1) is 33.2. The van der Waals surface area contributed by atoms with Gasteiger partial charge in [-0.25, -0.2) is 33.5 Å². The molecule has 358 valence electrons. The van der Waals surface area contributed by atoms with Crippen molar-refractivity contribution >= 4 is 39.1 Å². The van der Waals surface area contributed by atoms with E-state index in [1.165, 1.54) is 55.1 Å². The number of ether oxygens (including phenoxy) is 6. The molecule has 1 saturated heterocycles. The Morgan fingerprint density at radius 2 is 1.67 bits per heavy atom. The van der Waals surface area contributed by atoms with Gasteiger partial charge >= 0.3 is 5.97 Å². The Kier molecular flexibility index (Phi) is 14.0. The highest BCUT2D eigenvalue weighted by molar-refractivity contribution is 7.22. The van der Waals surface area contributed by atoms with Crippen LogP contribution < -0.4 is 23.7 Å². The van der Waals surface area contributed by atoms with Gasteiger partial charge in [0.2, 0.25) is 12.0 Å². The number of esters is 1. The fourth-order valence-corrected chi connectivity index (χ4v) is 9.69. The number of carbonyl (C=O) groups is 1. The smallest absolute Gasteiger partial charge is 0.348 e. The van der Waals surface area contributed by atoms with Gasteiger partial charge in [0.25, 0.3) is 0 Å². The number of rotatable bonds is 9. The van der Waals surface area contributed by atoms with Crippen molar-refractivity contribution in [3.8, 4) is 61.8 Å². The summed E-state index contributed by atoms with van der Waals surface area (Å²) in [5.74, 6) is 0.697. The molecule has 0 saturated carbocycles. The summed E-state index contributed by atoms with van der Waals surface area (Å²) in [5, 5.41) is 0.939. The van der Waals surface area contributed by atoms with E-state index < -0.39 is 29.6 Å². The number of carbonyl (C=O) groups excluding carboxylic acids is 1. The van der Waals surface area contributed by atoms with Gasteiger partial charge in [-0.05, 0) is 112 Å². The van der Waals surface area contributed by atoms with E-state index in [9.17, 15) is 13.6 Å². The zero-order valence-corrected chi connectivity index (χ0v) is 40.6. The predicted molar refractivity (Wildman–Crippen MR) is 261 cm³/mol. The summed E-state index contributed by atoms with van der Waals surface area (Å²) in [6.45, 7) is 11.5. The maximum absolute atomic E-state index is 14.5. The van der Waals surface area contributed by atoms with Crippen LogP contribution in [0.2, 0.25) is 5.02 Å². The maximum Gasteiger partial charge on any atom is 0.348 e. The normalized spacial score (nSPS) is 16.8. The van der Waals surface area contributed by atoms with E-state index >= 15 is 0 Å². The number of likely N-dealkylation sites (N-methyl/N-ethyl adjacent to an activating group) is 1. The summed E-state index contributed by atoms with van der Waals surface area (Å²) in [4.78, 5) is 38.9. The van der Waals surface area contributed by atoms with Crippen LogP contribution in [0.5, 0.6) is 28.9 Å². The first-order valence-electron chi connectivity index (χ1n) is 22.5. The van der Waals surface area contributed by atoms with Crippen LogP contribution in [0.4, 0.5) is 8.78 Å². The van der Waals surface area contributed by atoms with Gasteiger partial charge in [0.15, 0.2) is 5.82 Å². The van der Waals surface area contributed by atoms with Crippen molar-refractivity contribution in [2.24, 2.45) is 0 Å². The average Bonchev–Trinajstić information content (AvgIpc) is 3.72. The molecular formula is C52H51ClF2N6O7S. The van der Waals surface area contributed by atoms with Gasteiger partial charge in [0.1, 0.15) is 70.7 Å². The van der Waals surface area contributed by atoms with E-state index in [0.717, 1.165) is 47.7 Å². The molecule has 10 rings (SSSR count).